The lowest BCUT2D eigenvalue weighted by Crippen LogP contribution is -2.15. The predicted molar refractivity (Wildman–Crippen MR) is 79.4 cm³/mol. The number of halogens is 1. The van der Waals surface area contributed by atoms with Gasteiger partial charge in [0.1, 0.15) is 11.7 Å². The third kappa shape index (κ3) is 3.38. The first-order chi connectivity index (χ1) is 9.79. The van der Waals surface area contributed by atoms with E-state index in [1.54, 1.807) is 19.1 Å². The number of nitrogen functional groups attached to an aromatic ring is 1. The van der Waals surface area contributed by atoms with Crippen LogP contribution in [-0.2, 0) is 10.0 Å². The number of nitrogens with one attached hydrogen (secondary N) is 2. The van der Waals surface area contributed by atoms with Gasteiger partial charge >= 0.3 is 0 Å². The van der Waals surface area contributed by atoms with Crippen LogP contribution >= 0.6 is 0 Å². The van der Waals surface area contributed by atoms with Crippen LogP contribution in [0.3, 0.4) is 0 Å². The molecule has 7 heteroatoms. The lowest BCUT2D eigenvalue weighted by Gasteiger charge is -2.10. The molecule has 2 aromatic carbocycles. The van der Waals surface area contributed by atoms with Crippen LogP contribution in [0.25, 0.3) is 0 Å². The molecule has 0 aromatic heterocycles. The van der Waals surface area contributed by atoms with E-state index in [1.807, 2.05) is 0 Å². The molecule has 2 aromatic rings. The maximum absolute atomic E-state index is 13.9. The smallest absolute Gasteiger partial charge is 0.261 e. The maximum atomic E-state index is 13.9. The van der Waals surface area contributed by atoms with E-state index < -0.39 is 15.8 Å². The molecule has 5 nitrogen and oxygen atoms in total. The first-order valence-corrected chi connectivity index (χ1v) is 7.51. The Bertz CT molecular complexity index is 804. The van der Waals surface area contributed by atoms with Crippen LogP contribution in [0.15, 0.2) is 47.4 Å². The normalized spacial score (nSPS) is 11.1. The average molecular weight is 307 g/mol. The van der Waals surface area contributed by atoms with E-state index in [0.717, 1.165) is 11.6 Å². The minimum absolute atomic E-state index is 0.0533. The summed E-state index contributed by atoms with van der Waals surface area (Å²) in [6.07, 6.45) is 0. The molecule has 110 valence electrons. The third-order valence-corrected chi connectivity index (χ3v) is 4.19. The van der Waals surface area contributed by atoms with Crippen LogP contribution in [0.4, 0.5) is 10.1 Å². The molecule has 0 heterocycles. The molecule has 0 amide bonds. The summed E-state index contributed by atoms with van der Waals surface area (Å²) in [6.45, 7) is 1.77. The monoisotopic (exact) mass is 307 g/mol. The average Bonchev–Trinajstić information content (AvgIpc) is 2.40. The zero-order valence-corrected chi connectivity index (χ0v) is 12.0. The molecule has 0 spiro atoms. The standard InChI is InChI=1S/C14H14FN3O2S/c1-9-3-2-4-11(7-9)21(19,20)18-13-6-5-10(14(16)17)8-12(13)15/h2-8,18H,1H3,(H3,16,17). The zero-order chi connectivity index (χ0) is 15.6. The summed E-state index contributed by atoms with van der Waals surface area (Å²) in [4.78, 5) is 0.0533. The second-order valence-corrected chi connectivity index (χ2v) is 6.21. The molecule has 0 saturated carbocycles. The minimum atomic E-state index is -3.87. The first-order valence-electron chi connectivity index (χ1n) is 6.03. The van der Waals surface area contributed by atoms with Crippen molar-refractivity contribution < 1.29 is 12.8 Å². The molecule has 0 saturated heterocycles. The van der Waals surface area contributed by atoms with E-state index in [4.69, 9.17) is 11.1 Å². The van der Waals surface area contributed by atoms with Crippen molar-refractivity contribution in [3.63, 3.8) is 0 Å². The van der Waals surface area contributed by atoms with Crippen LogP contribution in [0.1, 0.15) is 11.1 Å². The van der Waals surface area contributed by atoms with Crippen LogP contribution in [0.2, 0.25) is 0 Å². The fourth-order valence-corrected chi connectivity index (χ4v) is 2.92. The van der Waals surface area contributed by atoms with E-state index in [1.165, 1.54) is 24.3 Å². The molecule has 0 atom stereocenters. The maximum Gasteiger partial charge on any atom is 0.261 e. The second-order valence-electron chi connectivity index (χ2n) is 4.53. The number of hydrogen-bond acceptors (Lipinski definition) is 3. The molecular formula is C14H14FN3O2S. The van der Waals surface area contributed by atoms with Crippen molar-refractivity contribution >= 4 is 21.5 Å². The van der Waals surface area contributed by atoms with Gasteiger partial charge in [-0.1, -0.05) is 12.1 Å². The van der Waals surface area contributed by atoms with Gasteiger partial charge in [0.25, 0.3) is 10.0 Å². The van der Waals surface area contributed by atoms with E-state index in [2.05, 4.69) is 4.72 Å². The van der Waals surface area contributed by atoms with E-state index in [-0.39, 0.29) is 22.0 Å². The molecule has 0 aliphatic rings. The van der Waals surface area contributed by atoms with Crippen molar-refractivity contribution in [1.82, 2.24) is 0 Å². The van der Waals surface area contributed by atoms with E-state index in [0.29, 0.717) is 0 Å². The number of benzene rings is 2. The topological polar surface area (TPSA) is 96.0 Å². The van der Waals surface area contributed by atoms with Crippen molar-refractivity contribution in [2.45, 2.75) is 11.8 Å². The summed E-state index contributed by atoms with van der Waals surface area (Å²) < 4.78 is 40.4. The van der Waals surface area contributed by atoms with Crippen molar-refractivity contribution in [2.75, 3.05) is 4.72 Å². The Morgan fingerprint density at radius 1 is 1.24 bits per heavy atom. The van der Waals surface area contributed by atoms with Gasteiger partial charge in [-0.3, -0.25) is 10.1 Å². The fraction of sp³-hybridized carbons (Fsp3) is 0.0714. The molecule has 21 heavy (non-hydrogen) atoms. The number of sulfonamides is 1. The highest BCUT2D eigenvalue weighted by Crippen LogP contribution is 2.20. The largest absolute Gasteiger partial charge is 0.384 e. The third-order valence-electron chi connectivity index (χ3n) is 2.82. The summed E-state index contributed by atoms with van der Waals surface area (Å²) in [5.41, 5.74) is 6.02. The van der Waals surface area contributed by atoms with Crippen LogP contribution in [0, 0.1) is 18.2 Å². The van der Waals surface area contributed by atoms with Gasteiger partial charge in [0.15, 0.2) is 0 Å². The Hall–Kier alpha value is -2.41. The number of hydrogen-bond donors (Lipinski definition) is 3. The Morgan fingerprint density at radius 3 is 2.52 bits per heavy atom. The van der Waals surface area contributed by atoms with Gasteiger partial charge in [-0.25, -0.2) is 12.8 Å². The Morgan fingerprint density at radius 2 is 1.95 bits per heavy atom. The first kappa shape index (κ1) is 15.0. The lowest BCUT2D eigenvalue weighted by atomic mass is 10.2. The molecule has 0 radical (unpaired) electrons. The Balaban J connectivity index is 2.35. The van der Waals surface area contributed by atoms with Crippen molar-refractivity contribution in [3.05, 3.63) is 59.4 Å². The van der Waals surface area contributed by atoms with E-state index in [9.17, 15) is 12.8 Å². The van der Waals surface area contributed by atoms with Gasteiger partial charge in [-0.05, 0) is 42.8 Å². The zero-order valence-electron chi connectivity index (χ0n) is 11.2. The number of rotatable bonds is 4. The van der Waals surface area contributed by atoms with Crippen molar-refractivity contribution in [2.24, 2.45) is 5.73 Å². The number of amidine groups is 1. The summed E-state index contributed by atoms with van der Waals surface area (Å²) >= 11 is 0. The molecule has 0 bridgehead atoms. The number of aryl methyl sites for hydroxylation is 1. The van der Waals surface area contributed by atoms with Crippen molar-refractivity contribution in [3.8, 4) is 0 Å². The van der Waals surface area contributed by atoms with Crippen LogP contribution in [-0.4, -0.2) is 14.3 Å². The highest BCUT2D eigenvalue weighted by atomic mass is 32.2. The molecule has 2 rings (SSSR count). The molecule has 0 aliphatic heterocycles. The second kappa shape index (κ2) is 5.53. The number of anilines is 1. The fourth-order valence-electron chi connectivity index (χ4n) is 1.75. The quantitative estimate of drug-likeness (QED) is 0.597. The summed E-state index contributed by atoms with van der Waals surface area (Å²) in [6, 6.07) is 9.91. The summed E-state index contributed by atoms with van der Waals surface area (Å²) in [7, 11) is -3.87. The Labute approximate surface area is 122 Å². The van der Waals surface area contributed by atoms with Gasteiger partial charge < -0.3 is 5.73 Å². The molecule has 0 fully saturated rings. The van der Waals surface area contributed by atoms with Gasteiger partial charge in [0.2, 0.25) is 0 Å². The SMILES string of the molecule is Cc1cccc(S(=O)(=O)Nc2ccc(C(=N)N)cc2F)c1. The van der Waals surface area contributed by atoms with Gasteiger partial charge in [-0.15, -0.1) is 0 Å². The molecule has 0 unspecified atom stereocenters. The molecule has 4 N–H and O–H groups in total. The van der Waals surface area contributed by atoms with Crippen LogP contribution in [0.5, 0.6) is 0 Å². The Kier molecular flexibility index (Phi) is 3.95. The predicted octanol–water partition coefficient (Wildman–Crippen LogP) is 2.22. The van der Waals surface area contributed by atoms with E-state index >= 15 is 0 Å². The number of nitrogens with two attached hydrogens (primary N) is 1. The van der Waals surface area contributed by atoms with Crippen LogP contribution < -0.4 is 10.5 Å². The van der Waals surface area contributed by atoms with Crippen molar-refractivity contribution in [1.29, 1.82) is 5.41 Å². The van der Waals surface area contributed by atoms with Gasteiger partial charge in [0, 0.05) is 5.56 Å². The summed E-state index contributed by atoms with van der Waals surface area (Å²) in [5, 5.41) is 7.21. The lowest BCUT2D eigenvalue weighted by molar-refractivity contribution is 0.598. The minimum Gasteiger partial charge on any atom is -0.384 e. The van der Waals surface area contributed by atoms with Gasteiger partial charge in [0.05, 0.1) is 10.6 Å². The molecule has 0 aliphatic carbocycles. The highest BCUT2D eigenvalue weighted by molar-refractivity contribution is 7.92. The summed E-state index contributed by atoms with van der Waals surface area (Å²) in [5.74, 6) is -1.08. The molecular weight excluding hydrogens is 293 g/mol. The van der Waals surface area contributed by atoms with Gasteiger partial charge in [-0.2, -0.15) is 0 Å². The highest BCUT2D eigenvalue weighted by Gasteiger charge is 2.16.